The lowest BCUT2D eigenvalue weighted by Gasteiger charge is -2.16. The van der Waals surface area contributed by atoms with Crippen LogP contribution in [0.5, 0.6) is 5.75 Å². The van der Waals surface area contributed by atoms with Crippen molar-refractivity contribution in [1.29, 1.82) is 0 Å². The Bertz CT molecular complexity index is 1380. The van der Waals surface area contributed by atoms with Crippen LogP contribution in [0.15, 0.2) is 31.1 Å². The molecule has 1 unspecified atom stereocenters. The van der Waals surface area contributed by atoms with Crippen LogP contribution in [0.1, 0.15) is 34.1 Å². The van der Waals surface area contributed by atoms with Crippen LogP contribution in [0.3, 0.4) is 0 Å². The molecule has 0 saturated carbocycles. The van der Waals surface area contributed by atoms with E-state index in [4.69, 9.17) is 10.5 Å². The molecule has 0 bridgehead atoms. The number of benzene rings is 1. The number of ether oxygens (including phenoxy) is 1. The number of hydrogen-bond acceptors (Lipinski definition) is 8. The molecule has 3 aromatic rings. The van der Waals surface area contributed by atoms with E-state index < -0.39 is 12.0 Å². The largest absolute Gasteiger partial charge is 0.414 e. The number of rotatable bonds is 5. The number of carbonyl (C=O) groups is 3. The Morgan fingerprint density at radius 3 is 2.67 bits per heavy atom. The molecular formula is C24H28N8O4. The van der Waals surface area contributed by atoms with Gasteiger partial charge < -0.3 is 25.6 Å². The molecule has 0 spiro atoms. The van der Waals surface area contributed by atoms with Crippen LogP contribution in [0.25, 0.3) is 11.0 Å². The summed E-state index contributed by atoms with van der Waals surface area (Å²) in [4.78, 5) is 48.7. The lowest BCUT2D eigenvalue weighted by Crippen LogP contribution is -2.27. The Morgan fingerprint density at radius 1 is 1.22 bits per heavy atom. The quantitative estimate of drug-likeness (QED) is 0.516. The molecule has 36 heavy (non-hydrogen) atoms. The van der Waals surface area contributed by atoms with Gasteiger partial charge in [-0.3, -0.25) is 9.59 Å². The van der Waals surface area contributed by atoms with E-state index in [1.54, 1.807) is 42.7 Å². The second kappa shape index (κ2) is 9.64. The van der Waals surface area contributed by atoms with Crippen molar-refractivity contribution in [2.75, 3.05) is 38.2 Å². The third kappa shape index (κ3) is 4.44. The Balaban J connectivity index is 1.65. The average molecular weight is 493 g/mol. The second-order valence-corrected chi connectivity index (χ2v) is 8.76. The summed E-state index contributed by atoms with van der Waals surface area (Å²) in [6, 6.07) is 3.10. The van der Waals surface area contributed by atoms with Gasteiger partial charge in [-0.15, -0.1) is 0 Å². The van der Waals surface area contributed by atoms with Crippen LogP contribution in [0.4, 0.5) is 16.3 Å². The molecule has 1 atom stereocenters. The Labute approximate surface area is 207 Å². The lowest BCUT2D eigenvalue weighted by atomic mass is 10.1. The van der Waals surface area contributed by atoms with Crippen molar-refractivity contribution in [3.05, 3.63) is 47.9 Å². The van der Waals surface area contributed by atoms with Gasteiger partial charge in [-0.2, -0.15) is 5.10 Å². The van der Waals surface area contributed by atoms with Crippen molar-refractivity contribution < 1.29 is 19.1 Å². The van der Waals surface area contributed by atoms with E-state index in [0.29, 0.717) is 47.5 Å². The molecule has 3 heterocycles. The van der Waals surface area contributed by atoms with Crippen LogP contribution in [-0.4, -0.2) is 74.6 Å². The van der Waals surface area contributed by atoms with Crippen LogP contribution in [-0.2, 0) is 4.79 Å². The number of aromatic nitrogens is 4. The predicted octanol–water partition coefficient (Wildman–Crippen LogP) is 2.30. The number of hydrogen-bond donors (Lipinski definition) is 2. The number of nitrogens with zero attached hydrogens (tertiary/aromatic N) is 6. The number of fused-ring (bicyclic) bond motifs is 1. The summed E-state index contributed by atoms with van der Waals surface area (Å²) in [5.41, 5.74) is 8.60. The number of anilines is 2. The van der Waals surface area contributed by atoms with Crippen molar-refractivity contribution in [3.8, 4) is 5.75 Å². The number of nitrogen functional groups attached to an aromatic ring is 1. The van der Waals surface area contributed by atoms with Gasteiger partial charge >= 0.3 is 6.09 Å². The molecule has 12 nitrogen and oxygen atoms in total. The highest BCUT2D eigenvalue weighted by Crippen LogP contribution is 2.31. The van der Waals surface area contributed by atoms with Gasteiger partial charge in [0.15, 0.2) is 11.3 Å². The van der Waals surface area contributed by atoms with Crippen LogP contribution >= 0.6 is 0 Å². The fraction of sp³-hybridized carbons (Fsp3) is 0.333. The van der Waals surface area contributed by atoms with Crippen molar-refractivity contribution in [3.63, 3.8) is 0 Å². The molecule has 3 N–H and O–H groups in total. The van der Waals surface area contributed by atoms with Crippen LogP contribution in [0, 0.1) is 13.8 Å². The summed E-state index contributed by atoms with van der Waals surface area (Å²) in [6.07, 6.45) is 2.74. The van der Waals surface area contributed by atoms with Gasteiger partial charge in [-0.1, -0.05) is 6.58 Å². The van der Waals surface area contributed by atoms with Crippen molar-refractivity contribution >= 4 is 40.4 Å². The molecule has 12 heteroatoms. The van der Waals surface area contributed by atoms with E-state index in [1.165, 1.54) is 17.3 Å². The van der Waals surface area contributed by atoms with Crippen molar-refractivity contribution in [2.45, 2.75) is 26.3 Å². The summed E-state index contributed by atoms with van der Waals surface area (Å²) in [7, 11) is 3.19. The molecule has 188 valence electrons. The second-order valence-electron chi connectivity index (χ2n) is 8.76. The number of likely N-dealkylation sites (tertiary alicyclic amines) is 1. The first-order chi connectivity index (χ1) is 17.1. The zero-order valence-electron chi connectivity index (χ0n) is 20.6. The molecule has 1 saturated heterocycles. The minimum atomic E-state index is -0.498. The van der Waals surface area contributed by atoms with Crippen LogP contribution in [0.2, 0.25) is 0 Å². The molecule has 1 fully saturated rings. The lowest BCUT2D eigenvalue weighted by molar-refractivity contribution is -0.125. The first-order valence-electron chi connectivity index (χ1n) is 11.3. The Kier molecular flexibility index (Phi) is 6.60. The van der Waals surface area contributed by atoms with Gasteiger partial charge in [0.2, 0.25) is 5.91 Å². The summed E-state index contributed by atoms with van der Waals surface area (Å²) in [6.45, 7) is 8.12. The average Bonchev–Trinajstić information content (AvgIpc) is 3.49. The monoisotopic (exact) mass is 492 g/mol. The smallest absolute Gasteiger partial charge is 0.410 e. The topological polar surface area (TPSA) is 149 Å². The van der Waals surface area contributed by atoms with E-state index in [2.05, 4.69) is 27.0 Å². The van der Waals surface area contributed by atoms with Crippen LogP contribution < -0.4 is 15.8 Å². The molecule has 3 amide bonds. The molecule has 1 aliphatic heterocycles. The maximum Gasteiger partial charge on any atom is 0.414 e. The molecule has 1 aromatic carbocycles. The zero-order chi connectivity index (χ0) is 26.1. The first kappa shape index (κ1) is 24.6. The summed E-state index contributed by atoms with van der Waals surface area (Å²) in [5, 5.41) is 7.78. The van der Waals surface area contributed by atoms with Gasteiger partial charge in [0, 0.05) is 32.9 Å². The number of amides is 3. The third-order valence-electron chi connectivity index (χ3n) is 6.28. The van der Waals surface area contributed by atoms with E-state index >= 15 is 0 Å². The van der Waals surface area contributed by atoms with Gasteiger partial charge in [-0.05, 0) is 49.6 Å². The number of nitrogens with two attached hydrogens (primary N) is 1. The molecule has 2 aromatic heterocycles. The highest BCUT2D eigenvalue weighted by atomic mass is 16.6. The standard InChI is InChI=1S/C24H28N8O4/c1-6-18(33)31-10-9-15(11-31)32-22-19(21(25)26-12-27-22)20(29-32)23(34)28-16-7-8-17(14(3)13(16)2)36-24(35)30(4)5/h6-8,12,15H,1,9-11H2,2-5H3,(H,28,34)(H2,25,26,27). The highest BCUT2D eigenvalue weighted by molar-refractivity contribution is 6.13. The van der Waals surface area contributed by atoms with Crippen molar-refractivity contribution in [1.82, 2.24) is 29.5 Å². The maximum absolute atomic E-state index is 13.4. The van der Waals surface area contributed by atoms with Crippen molar-refractivity contribution in [2.24, 2.45) is 0 Å². The highest BCUT2D eigenvalue weighted by Gasteiger charge is 2.31. The number of nitrogens with one attached hydrogen (secondary N) is 1. The minimum absolute atomic E-state index is 0.0803. The summed E-state index contributed by atoms with van der Waals surface area (Å²) < 4.78 is 7.03. The van der Waals surface area contributed by atoms with E-state index in [9.17, 15) is 14.4 Å². The molecule has 0 aliphatic carbocycles. The molecule has 1 aliphatic rings. The fourth-order valence-electron chi connectivity index (χ4n) is 4.09. The first-order valence-corrected chi connectivity index (χ1v) is 11.3. The van der Waals surface area contributed by atoms with Gasteiger partial charge in [0.25, 0.3) is 5.91 Å². The predicted molar refractivity (Wildman–Crippen MR) is 134 cm³/mol. The van der Waals surface area contributed by atoms with E-state index in [1.807, 2.05) is 6.92 Å². The van der Waals surface area contributed by atoms with E-state index in [-0.39, 0.29) is 23.5 Å². The summed E-state index contributed by atoms with van der Waals surface area (Å²) in [5.74, 6) is -0.117. The van der Waals surface area contributed by atoms with Gasteiger partial charge in [0.05, 0.1) is 11.4 Å². The Morgan fingerprint density at radius 2 is 1.97 bits per heavy atom. The zero-order valence-corrected chi connectivity index (χ0v) is 20.6. The SMILES string of the molecule is C=CC(=O)N1CCC(n2nc(C(=O)Nc3ccc(OC(=O)N(C)C)c(C)c3C)c3c(N)ncnc32)C1. The fourth-order valence-corrected chi connectivity index (χ4v) is 4.09. The molecule has 4 rings (SSSR count). The molecule has 0 radical (unpaired) electrons. The third-order valence-corrected chi connectivity index (χ3v) is 6.28. The summed E-state index contributed by atoms with van der Waals surface area (Å²) >= 11 is 0. The minimum Gasteiger partial charge on any atom is -0.410 e. The van der Waals surface area contributed by atoms with E-state index in [0.717, 1.165) is 5.56 Å². The number of carbonyl (C=O) groups excluding carboxylic acids is 3. The molecular weight excluding hydrogens is 464 g/mol. The van der Waals surface area contributed by atoms with Gasteiger partial charge in [0.1, 0.15) is 17.9 Å². The maximum atomic E-state index is 13.4. The Hall–Kier alpha value is -4.48. The normalized spacial score (nSPS) is 15.1. The van der Waals surface area contributed by atoms with Gasteiger partial charge in [-0.25, -0.2) is 19.4 Å².